The first kappa shape index (κ1) is 17.2. The number of carbonyl (C=O) groups is 2. The summed E-state index contributed by atoms with van der Waals surface area (Å²) in [7, 11) is 1.29. The number of rotatable bonds is 3. The summed E-state index contributed by atoms with van der Waals surface area (Å²) in [4.78, 5) is 40.9. The van der Waals surface area contributed by atoms with Crippen LogP contribution in [0, 0.1) is 12.8 Å². The number of carbonyl (C=O) groups excluding carboxylic acids is 2. The first-order chi connectivity index (χ1) is 12.0. The molecule has 1 aromatic carbocycles. The Bertz CT molecular complexity index is 894. The van der Waals surface area contributed by atoms with Crippen molar-refractivity contribution < 1.29 is 14.3 Å². The molecule has 1 N–H and O–H groups in total. The fourth-order valence-electron chi connectivity index (χ4n) is 2.57. The van der Waals surface area contributed by atoms with E-state index in [1.54, 1.807) is 37.4 Å². The highest BCUT2D eigenvalue weighted by Crippen LogP contribution is 2.26. The minimum Gasteiger partial charge on any atom is -0.465 e. The van der Waals surface area contributed by atoms with Gasteiger partial charge in [-0.1, -0.05) is 23.9 Å². The van der Waals surface area contributed by atoms with Crippen molar-refractivity contribution >= 4 is 29.3 Å². The van der Waals surface area contributed by atoms with Crippen LogP contribution in [0.1, 0.15) is 15.9 Å². The maximum atomic E-state index is 12.6. The van der Waals surface area contributed by atoms with Crippen LogP contribution < -0.4 is 10.9 Å². The highest BCUT2D eigenvalue weighted by molar-refractivity contribution is 7.99. The summed E-state index contributed by atoms with van der Waals surface area (Å²) in [5.41, 5.74) is 1.09. The molecule has 0 spiro atoms. The fraction of sp³-hybridized carbons (Fsp3) is 0.294. The Kier molecular flexibility index (Phi) is 4.89. The van der Waals surface area contributed by atoms with Crippen LogP contribution in [0.4, 0.5) is 5.69 Å². The summed E-state index contributed by atoms with van der Waals surface area (Å²) in [6, 6.07) is 6.66. The second-order valence-corrected chi connectivity index (χ2v) is 6.66. The van der Waals surface area contributed by atoms with Crippen LogP contribution in [-0.4, -0.2) is 34.3 Å². The quantitative estimate of drug-likeness (QED) is 0.663. The molecular weight excluding hydrogens is 342 g/mol. The van der Waals surface area contributed by atoms with Crippen molar-refractivity contribution in [1.82, 2.24) is 9.55 Å². The van der Waals surface area contributed by atoms with E-state index < -0.39 is 11.9 Å². The lowest BCUT2D eigenvalue weighted by molar-refractivity contribution is -0.119. The van der Waals surface area contributed by atoms with Crippen LogP contribution in [0.2, 0.25) is 0 Å². The smallest absolute Gasteiger partial charge is 0.339 e. The standard InChI is InChI=1S/C17H17N3O4S/c1-10-7-18-17-20(15(10)22)8-11(9-25-17)14(21)19-13-6-4-3-5-12(13)16(23)24-2/h3-7,11H,8-9H2,1-2H3,(H,19,21). The minimum absolute atomic E-state index is 0.134. The van der Waals surface area contributed by atoms with Gasteiger partial charge in [0.05, 0.1) is 24.3 Å². The Morgan fingerprint density at radius 1 is 1.36 bits per heavy atom. The second-order valence-electron chi connectivity index (χ2n) is 5.67. The number of esters is 1. The van der Waals surface area contributed by atoms with E-state index in [1.807, 2.05) is 0 Å². The largest absolute Gasteiger partial charge is 0.465 e. The predicted molar refractivity (Wildman–Crippen MR) is 93.9 cm³/mol. The Balaban J connectivity index is 1.81. The van der Waals surface area contributed by atoms with Crippen LogP contribution in [-0.2, 0) is 16.1 Å². The van der Waals surface area contributed by atoms with Gasteiger partial charge in [0.1, 0.15) is 0 Å². The van der Waals surface area contributed by atoms with E-state index in [0.29, 0.717) is 22.2 Å². The topological polar surface area (TPSA) is 90.3 Å². The highest BCUT2D eigenvalue weighted by atomic mass is 32.2. The highest BCUT2D eigenvalue weighted by Gasteiger charge is 2.27. The second kappa shape index (κ2) is 7.10. The summed E-state index contributed by atoms with van der Waals surface area (Å²) in [6.45, 7) is 1.96. The summed E-state index contributed by atoms with van der Waals surface area (Å²) in [5.74, 6) is -0.649. The molecule has 1 aliphatic heterocycles. The van der Waals surface area contributed by atoms with Crippen molar-refractivity contribution in [2.45, 2.75) is 18.6 Å². The van der Waals surface area contributed by atoms with Gasteiger partial charge >= 0.3 is 5.97 Å². The Morgan fingerprint density at radius 3 is 2.88 bits per heavy atom. The van der Waals surface area contributed by atoms with Gasteiger partial charge in [-0.25, -0.2) is 9.78 Å². The molecule has 1 unspecified atom stereocenters. The molecule has 0 bridgehead atoms. The molecule has 1 amide bonds. The van der Waals surface area contributed by atoms with E-state index in [1.165, 1.54) is 23.4 Å². The van der Waals surface area contributed by atoms with Crippen molar-refractivity contribution in [1.29, 1.82) is 0 Å². The monoisotopic (exact) mass is 359 g/mol. The number of ether oxygens (including phenoxy) is 1. The third-order valence-electron chi connectivity index (χ3n) is 3.96. The zero-order valence-electron chi connectivity index (χ0n) is 13.8. The number of benzene rings is 1. The van der Waals surface area contributed by atoms with E-state index in [9.17, 15) is 14.4 Å². The number of thioether (sulfide) groups is 1. The number of para-hydroxylation sites is 1. The average Bonchev–Trinajstić information content (AvgIpc) is 2.64. The third-order valence-corrected chi connectivity index (χ3v) is 5.11. The maximum Gasteiger partial charge on any atom is 0.339 e. The van der Waals surface area contributed by atoms with Gasteiger partial charge in [0.2, 0.25) is 5.91 Å². The molecular formula is C17H17N3O4S. The molecule has 0 radical (unpaired) electrons. The third kappa shape index (κ3) is 3.43. The number of nitrogens with one attached hydrogen (secondary N) is 1. The zero-order chi connectivity index (χ0) is 18.0. The number of aryl methyl sites for hydroxylation is 1. The van der Waals surface area contributed by atoms with E-state index >= 15 is 0 Å². The van der Waals surface area contributed by atoms with Gasteiger partial charge in [-0.05, 0) is 19.1 Å². The Morgan fingerprint density at radius 2 is 2.12 bits per heavy atom. The van der Waals surface area contributed by atoms with Crippen LogP contribution in [0.5, 0.6) is 0 Å². The number of anilines is 1. The normalized spacial score (nSPS) is 16.0. The van der Waals surface area contributed by atoms with Crippen molar-refractivity contribution in [2.75, 3.05) is 18.2 Å². The Labute approximate surface area is 148 Å². The zero-order valence-corrected chi connectivity index (χ0v) is 14.6. The molecule has 3 rings (SSSR count). The van der Waals surface area contributed by atoms with Crippen LogP contribution in [0.15, 0.2) is 40.4 Å². The first-order valence-electron chi connectivity index (χ1n) is 7.68. The fourth-order valence-corrected chi connectivity index (χ4v) is 3.62. The van der Waals surface area contributed by atoms with Crippen molar-refractivity contribution in [3.05, 3.63) is 51.9 Å². The summed E-state index contributed by atoms with van der Waals surface area (Å²) in [5, 5.41) is 3.39. The summed E-state index contributed by atoms with van der Waals surface area (Å²) < 4.78 is 6.26. The molecule has 1 aromatic heterocycles. The Hall–Kier alpha value is -2.61. The number of fused-ring (bicyclic) bond motifs is 1. The van der Waals surface area contributed by atoms with Gasteiger partial charge in [0.15, 0.2) is 5.16 Å². The van der Waals surface area contributed by atoms with Gasteiger partial charge in [0.25, 0.3) is 5.56 Å². The van der Waals surface area contributed by atoms with Crippen LogP contribution >= 0.6 is 11.8 Å². The van der Waals surface area contributed by atoms with E-state index in [4.69, 9.17) is 4.74 Å². The molecule has 1 aliphatic rings. The molecule has 0 saturated heterocycles. The number of hydrogen-bond donors (Lipinski definition) is 1. The van der Waals surface area contributed by atoms with Gasteiger partial charge in [-0.15, -0.1) is 0 Å². The lowest BCUT2D eigenvalue weighted by atomic mass is 10.1. The number of methoxy groups -OCH3 is 1. The molecule has 8 heteroatoms. The van der Waals surface area contributed by atoms with E-state index in [-0.39, 0.29) is 23.6 Å². The molecule has 2 heterocycles. The molecule has 2 aromatic rings. The van der Waals surface area contributed by atoms with E-state index in [0.717, 1.165) is 0 Å². The predicted octanol–water partition coefficient (Wildman–Crippen LogP) is 1.70. The minimum atomic E-state index is -0.518. The molecule has 25 heavy (non-hydrogen) atoms. The van der Waals surface area contributed by atoms with Crippen LogP contribution in [0.25, 0.3) is 0 Å². The summed E-state index contributed by atoms with van der Waals surface area (Å²) in [6.07, 6.45) is 1.55. The lowest BCUT2D eigenvalue weighted by Crippen LogP contribution is -2.37. The van der Waals surface area contributed by atoms with Gasteiger partial charge in [-0.2, -0.15) is 0 Å². The lowest BCUT2D eigenvalue weighted by Gasteiger charge is -2.24. The van der Waals surface area contributed by atoms with Gasteiger partial charge < -0.3 is 10.1 Å². The number of nitrogens with zero attached hydrogens (tertiary/aromatic N) is 2. The van der Waals surface area contributed by atoms with Gasteiger partial charge in [0, 0.05) is 24.1 Å². The SMILES string of the molecule is COC(=O)c1ccccc1NC(=O)C1CSc2ncc(C)c(=O)n2C1. The molecule has 130 valence electrons. The summed E-state index contributed by atoms with van der Waals surface area (Å²) >= 11 is 1.37. The number of hydrogen-bond acceptors (Lipinski definition) is 6. The maximum absolute atomic E-state index is 12.6. The van der Waals surface area contributed by atoms with E-state index in [2.05, 4.69) is 10.3 Å². The molecule has 0 saturated carbocycles. The molecule has 1 atom stereocenters. The molecule has 0 fully saturated rings. The number of amides is 1. The molecule has 0 aliphatic carbocycles. The van der Waals surface area contributed by atoms with Crippen molar-refractivity contribution in [3.63, 3.8) is 0 Å². The first-order valence-corrected chi connectivity index (χ1v) is 8.67. The molecule has 7 nitrogen and oxygen atoms in total. The van der Waals surface area contributed by atoms with Crippen molar-refractivity contribution in [3.8, 4) is 0 Å². The van der Waals surface area contributed by atoms with Crippen LogP contribution in [0.3, 0.4) is 0 Å². The number of aromatic nitrogens is 2. The van der Waals surface area contributed by atoms with Crippen molar-refractivity contribution in [2.24, 2.45) is 5.92 Å². The van der Waals surface area contributed by atoms with Gasteiger partial charge in [-0.3, -0.25) is 14.2 Å². The average molecular weight is 359 g/mol.